The van der Waals surface area contributed by atoms with E-state index in [9.17, 15) is 4.79 Å². The Hall–Kier alpha value is -2.40. The zero-order chi connectivity index (χ0) is 17.5. The topological polar surface area (TPSA) is 54.9 Å². The molecule has 128 valence electrons. The van der Waals surface area contributed by atoms with Gasteiger partial charge in [-0.1, -0.05) is 61.2 Å². The Labute approximate surface area is 152 Å². The van der Waals surface area contributed by atoms with Crippen LogP contribution in [0, 0.1) is 0 Å². The van der Waals surface area contributed by atoms with E-state index in [0.29, 0.717) is 18.7 Å². The molecule has 0 aliphatic rings. The molecule has 1 aromatic heterocycles. The molecule has 0 bridgehead atoms. The van der Waals surface area contributed by atoms with E-state index in [2.05, 4.69) is 17.4 Å². The summed E-state index contributed by atoms with van der Waals surface area (Å²) in [6, 6.07) is 18.1. The molecular weight excluding hydrogens is 330 g/mol. The first-order valence-electron chi connectivity index (χ1n) is 8.45. The highest BCUT2D eigenvalue weighted by Gasteiger charge is 2.12. The van der Waals surface area contributed by atoms with Crippen LogP contribution in [0.5, 0.6) is 0 Å². The maximum Gasteiger partial charge on any atom is 0.230 e. The summed E-state index contributed by atoms with van der Waals surface area (Å²) >= 11 is 1.45. The van der Waals surface area contributed by atoms with Crippen LogP contribution in [-0.2, 0) is 11.2 Å². The zero-order valence-corrected chi connectivity index (χ0v) is 15.1. The number of nitrogens with zero attached hydrogens (tertiary/aromatic N) is 2. The molecule has 0 aliphatic heterocycles. The van der Waals surface area contributed by atoms with Crippen molar-refractivity contribution in [3.05, 3.63) is 65.9 Å². The number of hydrogen-bond acceptors (Lipinski definition) is 4. The van der Waals surface area contributed by atoms with Crippen LogP contribution < -0.4 is 5.32 Å². The van der Waals surface area contributed by atoms with Crippen molar-refractivity contribution < 1.29 is 4.79 Å². The third kappa shape index (κ3) is 4.79. The second kappa shape index (κ2) is 8.62. The van der Waals surface area contributed by atoms with Crippen molar-refractivity contribution >= 4 is 28.7 Å². The third-order valence-corrected chi connectivity index (χ3v) is 4.74. The van der Waals surface area contributed by atoms with Crippen LogP contribution in [-0.4, -0.2) is 28.2 Å². The molecule has 2 aromatic carbocycles. The van der Waals surface area contributed by atoms with Gasteiger partial charge in [0.15, 0.2) is 0 Å². The molecule has 25 heavy (non-hydrogen) atoms. The van der Waals surface area contributed by atoms with Gasteiger partial charge >= 0.3 is 0 Å². The number of amides is 1. The van der Waals surface area contributed by atoms with Gasteiger partial charge in [-0.25, -0.2) is 9.97 Å². The summed E-state index contributed by atoms with van der Waals surface area (Å²) in [6.45, 7) is 2.75. The molecule has 1 N–H and O–H groups in total. The molecule has 3 rings (SSSR count). The predicted molar refractivity (Wildman–Crippen MR) is 103 cm³/mol. The lowest BCUT2D eigenvalue weighted by atomic mass is 10.1. The summed E-state index contributed by atoms with van der Waals surface area (Å²) in [5.41, 5.74) is 3.84. The first kappa shape index (κ1) is 17.4. The molecule has 1 heterocycles. The van der Waals surface area contributed by atoms with Gasteiger partial charge in [-0.05, 0) is 24.1 Å². The first-order valence-corrected chi connectivity index (χ1v) is 9.44. The van der Waals surface area contributed by atoms with Crippen molar-refractivity contribution in [3.63, 3.8) is 0 Å². The number of nitrogens with one attached hydrogen (secondary N) is 1. The Kier molecular flexibility index (Phi) is 6.01. The summed E-state index contributed by atoms with van der Waals surface area (Å²) in [7, 11) is 0. The standard InChI is InChI=1S/C20H21N3OS/c1-2-12-21-19(24)14-25-20-18(13-15-8-4-3-5-9-15)22-16-10-6-7-11-17(16)23-20/h3-11H,2,12-14H2,1H3,(H,21,24). The quantitative estimate of drug-likeness (QED) is 0.657. The first-order chi connectivity index (χ1) is 12.3. The van der Waals surface area contributed by atoms with E-state index in [1.54, 1.807) is 0 Å². The van der Waals surface area contributed by atoms with E-state index in [1.165, 1.54) is 17.3 Å². The highest BCUT2D eigenvalue weighted by Crippen LogP contribution is 2.24. The second-order valence-corrected chi connectivity index (χ2v) is 6.73. The number of rotatable bonds is 7. The maximum atomic E-state index is 11.9. The number of fused-ring (bicyclic) bond motifs is 1. The molecule has 0 fully saturated rings. The molecule has 0 radical (unpaired) electrons. The normalized spacial score (nSPS) is 10.8. The van der Waals surface area contributed by atoms with Gasteiger partial charge < -0.3 is 5.32 Å². The number of para-hydroxylation sites is 2. The van der Waals surface area contributed by atoms with Gasteiger partial charge in [-0.2, -0.15) is 0 Å². The number of hydrogen-bond donors (Lipinski definition) is 1. The third-order valence-electron chi connectivity index (χ3n) is 3.73. The fourth-order valence-electron chi connectivity index (χ4n) is 2.49. The lowest BCUT2D eigenvalue weighted by Gasteiger charge is -2.10. The van der Waals surface area contributed by atoms with Gasteiger partial charge in [-0.15, -0.1) is 0 Å². The summed E-state index contributed by atoms with van der Waals surface area (Å²) in [5.74, 6) is 0.391. The lowest BCUT2D eigenvalue weighted by Crippen LogP contribution is -2.25. The highest BCUT2D eigenvalue weighted by molar-refractivity contribution is 7.99. The molecule has 0 atom stereocenters. The minimum atomic E-state index is 0.0347. The summed E-state index contributed by atoms with van der Waals surface area (Å²) in [6.07, 6.45) is 1.64. The number of carbonyl (C=O) groups excluding carboxylic acids is 1. The lowest BCUT2D eigenvalue weighted by molar-refractivity contribution is -0.118. The smallest absolute Gasteiger partial charge is 0.230 e. The largest absolute Gasteiger partial charge is 0.355 e. The molecule has 0 saturated heterocycles. The van der Waals surface area contributed by atoms with Crippen molar-refractivity contribution in [3.8, 4) is 0 Å². The van der Waals surface area contributed by atoms with Gasteiger partial charge in [0.1, 0.15) is 5.03 Å². The second-order valence-electron chi connectivity index (χ2n) is 5.77. The van der Waals surface area contributed by atoms with Crippen molar-refractivity contribution in [2.75, 3.05) is 12.3 Å². The molecular formula is C20H21N3OS. The van der Waals surface area contributed by atoms with Crippen LogP contribution in [0.1, 0.15) is 24.6 Å². The molecule has 4 nitrogen and oxygen atoms in total. The summed E-state index contributed by atoms with van der Waals surface area (Å²) in [5, 5.41) is 3.73. The van der Waals surface area contributed by atoms with Gasteiger partial charge in [0.2, 0.25) is 5.91 Å². The number of carbonyl (C=O) groups is 1. The molecule has 0 spiro atoms. The maximum absolute atomic E-state index is 11.9. The molecule has 3 aromatic rings. The molecule has 0 aliphatic carbocycles. The Morgan fingerprint density at radius 1 is 1.00 bits per heavy atom. The SMILES string of the molecule is CCCNC(=O)CSc1nc2ccccc2nc1Cc1ccccc1. The van der Waals surface area contributed by atoms with Gasteiger partial charge in [0, 0.05) is 13.0 Å². The summed E-state index contributed by atoms with van der Waals surface area (Å²) < 4.78 is 0. The van der Waals surface area contributed by atoms with Crippen LogP contribution in [0.4, 0.5) is 0 Å². The van der Waals surface area contributed by atoms with Crippen molar-refractivity contribution in [1.29, 1.82) is 0 Å². The molecule has 1 amide bonds. The monoisotopic (exact) mass is 351 g/mol. The van der Waals surface area contributed by atoms with E-state index < -0.39 is 0 Å². The van der Waals surface area contributed by atoms with E-state index in [-0.39, 0.29) is 5.91 Å². The average Bonchev–Trinajstić information content (AvgIpc) is 2.65. The minimum Gasteiger partial charge on any atom is -0.355 e. The average molecular weight is 351 g/mol. The minimum absolute atomic E-state index is 0.0347. The van der Waals surface area contributed by atoms with Crippen LogP contribution in [0.15, 0.2) is 59.6 Å². The van der Waals surface area contributed by atoms with Crippen molar-refractivity contribution in [1.82, 2.24) is 15.3 Å². The Bertz CT molecular complexity index is 852. The van der Waals surface area contributed by atoms with Crippen LogP contribution in [0.25, 0.3) is 11.0 Å². The van der Waals surface area contributed by atoms with Crippen LogP contribution in [0.3, 0.4) is 0 Å². The van der Waals surface area contributed by atoms with E-state index >= 15 is 0 Å². The predicted octanol–water partition coefficient (Wildman–Crippen LogP) is 3.84. The number of aromatic nitrogens is 2. The van der Waals surface area contributed by atoms with Gasteiger partial charge in [0.05, 0.1) is 22.5 Å². The van der Waals surface area contributed by atoms with Crippen LogP contribution >= 0.6 is 11.8 Å². The fraction of sp³-hybridized carbons (Fsp3) is 0.250. The number of benzene rings is 2. The zero-order valence-electron chi connectivity index (χ0n) is 14.2. The van der Waals surface area contributed by atoms with Crippen molar-refractivity contribution in [2.45, 2.75) is 24.8 Å². The van der Waals surface area contributed by atoms with E-state index in [1.807, 2.05) is 49.4 Å². The van der Waals surface area contributed by atoms with E-state index in [4.69, 9.17) is 9.97 Å². The Balaban J connectivity index is 1.85. The van der Waals surface area contributed by atoms with Crippen molar-refractivity contribution in [2.24, 2.45) is 0 Å². The van der Waals surface area contributed by atoms with Gasteiger partial charge in [0.25, 0.3) is 0 Å². The van der Waals surface area contributed by atoms with Gasteiger partial charge in [-0.3, -0.25) is 4.79 Å². The molecule has 0 saturated carbocycles. The molecule has 0 unspecified atom stereocenters. The fourth-order valence-corrected chi connectivity index (χ4v) is 3.31. The molecule has 5 heteroatoms. The Morgan fingerprint density at radius 2 is 1.68 bits per heavy atom. The van der Waals surface area contributed by atoms with Crippen LogP contribution in [0.2, 0.25) is 0 Å². The number of thioether (sulfide) groups is 1. The highest BCUT2D eigenvalue weighted by atomic mass is 32.2. The summed E-state index contributed by atoms with van der Waals surface area (Å²) in [4.78, 5) is 21.5. The van der Waals surface area contributed by atoms with E-state index in [0.717, 1.165) is 28.2 Å². The Morgan fingerprint density at radius 3 is 2.40 bits per heavy atom.